The Hall–Kier alpha value is -0.290. The fraction of sp³-hybridized carbons (Fsp3) is 1.00. The van der Waals surface area contributed by atoms with Crippen LogP contribution in [0.5, 0.6) is 0 Å². The van der Waals surface area contributed by atoms with Crippen molar-refractivity contribution in [3.8, 4) is 0 Å². The van der Waals surface area contributed by atoms with Crippen LogP contribution in [0.2, 0.25) is 0 Å². The van der Waals surface area contributed by atoms with Gasteiger partial charge in [0.1, 0.15) is 0 Å². The highest BCUT2D eigenvalue weighted by molar-refractivity contribution is 4.85. The van der Waals surface area contributed by atoms with Crippen LogP contribution in [0.25, 0.3) is 0 Å². The third-order valence-corrected chi connectivity index (χ3v) is 3.24. The number of likely N-dealkylation sites (tertiary alicyclic amines) is 1. The smallest absolute Gasteiger partial charge is 0.311 e. The molecule has 0 aromatic rings. The minimum Gasteiger partial charge on any atom is -0.311 e. The van der Waals surface area contributed by atoms with Crippen LogP contribution in [0.3, 0.4) is 0 Å². The second-order valence-electron chi connectivity index (χ2n) is 5.53. The molecule has 102 valence electrons. The van der Waals surface area contributed by atoms with Crippen molar-refractivity contribution in [1.29, 1.82) is 0 Å². The van der Waals surface area contributed by atoms with Crippen molar-refractivity contribution in [1.82, 2.24) is 10.2 Å². The summed E-state index contributed by atoms with van der Waals surface area (Å²) in [4.78, 5) is 1.93. The van der Waals surface area contributed by atoms with Gasteiger partial charge in [0.25, 0.3) is 0 Å². The summed E-state index contributed by atoms with van der Waals surface area (Å²) in [5, 5.41) is 3.30. The summed E-state index contributed by atoms with van der Waals surface area (Å²) in [6, 6.07) is 0. The standard InChI is InChI=1S/C12H23F3N2/c1-4-16-11(2,3)9-17-7-5-6-10(8-17)12(13,14)15/h10,16H,4-9H2,1-3H3. The van der Waals surface area contributed by atoms with E-state index < -0.39 is 12.1 Å². The molecule has 1 unspecified atom stereocenters. The second-order valence-corrected chi connectivity index (χ2v) is 5.53. The zero-order chi connectivity index (χ0) is 13.1. The number of nitrogens with one attached hydrogen (secondary N) is 1. The fourth-order valence-electron chi connectivity index (χ4n) is 2.56. The third-order valence-electron chi connectivity index (χ3n) is 3.24. The Morgan fingerprint density at radius 3 is 2.47 bits per heavy atom. The predicted octanol–water partition coefficient (Wildman–Crippen LogP) is 2.65. The van der Waals surface area contributed by atoms with Crippen LogP contribution in [0, 0.1) is 5.92 Å². The highest BCUT2D eigenvalue weighted by Gasteiger charge is 2.42. The summed E-state index contributed by atoms with van der Waals surface area (Å²) in [5.41, 5.74) is -0.123. The number of hydrogen-bond acceptors (Lipinski definition) is 2. The molecule has 0 aliphatic carbocycles. The molecule has 0 saturated carbocycles. The van der Waals surface area contributed by atoms with E-state index in [1.165, 1.54) is 0 Å². The third kappa shape index (κ3) is 4.84. The number of halogens is 3. The van der Waals surface area contributed by atoms with Gasteiger partial charge < -0.3 is 10.2 Å². The van der Waals surface area contributed by atoms with Crippen molar-refractivity contribution in [2.75, 3.05) is 26.2 Å². The zero-order valence-electron chi connectivity index (χ0n) is 10.9. The van der Waals surface area contributed by atoms with Crippen LogP contribution in [-0.2, 0) is 0 Å². The van der Waals surface area contributed by atoms with E-state index in [1.54, 1.807) is 0 Å². The van der Waals surface area contributed by atoms with E-state index in [2.05, 4.69) is 5.32 Å². The van der Waals surface area contributed by atoms with Crippen LogP contribution in [0.4, 0.5) is 13.2 Å². The molecule has 1 atom stereocenters. The first kappa shape index (κ1) is 14.8. The van der Waals surface area contributed by atoms with Crippen molar-refractivity contribution in [3.63, 3.8) is 0 Å². The highest BCUT2D eigenvalue weighted by Crippen LogP contribution is 2.33. The maximum Gasteiger partial charge on any atom is 0.393 e. The molecule has 1 rings (SSSR count). The van der Waals surface area contributed by atoms with Crippen molar-refractivity contribution in [2.45, 2.75) is 45.3 Å². The van der Waals surface area contributed by atoms with Gasteiger partial charge in [-0.25, -0.2) is 0 Å². The molecule has 1 heterocycles. The molecule has 0 aromatic heterocycles. The van der Waals surface area contributed by atoms with E-state index in [-0.39, 0.29) is 18.5 Å². The number of rotatable bonds is 4. The summed E-state index contributed by atoms with van der Waals surface area (Å²) >= 11 is 0. The molecule has 0 bridgehead atoms. The topological polar surface area (TPSA) is 15.3 Å². The first-order valence-corrected chi connectivity index (χ1v) is 6.29. The van der Waals surface area contributed by atoms with Crippen LogP contribution in [-0.4, -0.2) is 42.8 Å². The molecule has 5 heteroatoms. The van der Waals surface area contributed by atoms with Crippen molar-refractivity contribution in [3.05, 3.63) is 0 Å². The first-order chi connectivity index (χ1) is 7.74. The van der Waals surface area contributed by atoms with Crippen LogP contribution < -0.4 is 5.32 Å². The Balaban J connectivity index is 2.50. The van der Waals surface area contributed by atoms with Crippen LogP contribution in [0.1, 0.15) is 33.6 Å². The number of hydrogen-bond donors (Lipinski definition) is 1. The second kappa shape index (κ2) is 5.57. The van der Waals surface area contributed by atoms with Crippen molar-refractivity contribution >= 4 is 0 Å². The molecule has 1 N–H and O–H groups in total. The van der Waals surface area contributed by atoms with Gasteiger partial charge in [-0.1, -0.05) is 6.92 Å². The largest absolute Gasteiger partial charge is 0.393 e. The van der Waals surface area contributed by atoms with Gasteiger partial charge in [0, 0.05) is 18.6 Å². The maximum absolute atomic E-state index is 12.7. The van der Waals surface area contributed by atoms with Crippen molar-refractivity contribution in [2.24, 2.45) is 5.92 Å². The molecule has 1 aliphatic heterocycles. The Morgan fingerprint density at radius 1 is 1.29 bits per heavy atom. The first-order valence-electron chi connectivity index (χ1n) is 6.29. The van der Waals surface area contributed by atoms with E-state index in [0.29, 0.717) is 13.0 Å². The lowest BCUT2D eigenvalue weighted by atomic mass is 9.95. The van der Waals surface area contributed by atoms with Gasteiger partial charge >= 0.3 is 6.18 Å². The minimum absolute atomic E-state index is 0.123. The molecular weight excluding hydrogens is 229 g/mol. The number of alkyl halides is 3. The molecule has 0 amide bonds. The van der Waals surface area contributed by atoms with Crippen molar-refractivity contribution < 1.29 is 13.2 Å². The summed E-state index contributed by atoms with van der Waals surface area (Å²) in [6.07, 6.45) is -3.12. The zero-order valence-corrected chi connectivity index (χ0v) is 10.9. The number of piperidine rings is 1. The molecule has 17 heavy (non-hydrogen) atoms. The van der Waals surface area contributed by atoms with Gasteiger partial charge in [-0.2, -0.15) is 13.2 Å². The van der Waals surface area contributed by atoms with Crippen LogP contribution in [0.15, 0.2) is 0 Å². The quantitative estimate of drug-likeness (QED) is 0.827. The summed E-state index contributed by atoms with van der Waals surface area (Å²) in [5.74, 6) is -1.14. The molecule has 1 saturated heterocycles. The lowest BCUT2D eigenvalue weighted by Gasteiger charge is -2.38. The Morgan fingerprint density at radius 2 is 1.94 bits per heavy atom. The van der Waals surface area contributed by atoms with Gasteiger partial charge in [-0.3, -0.25) is 0 Å². The Bertz CT molecular complexity index is 238. The maximum atomic E-state index is 12.7. The van der Waals surface area contributed by atoms with Crippen LogP contribution >= 0.6 is 0 Å². The SMILES string of the molecule is CCNC(C)(C)CN1CCCC(C(F)(F)F)C1. The molecule has 1 fully saturated rings. The van der Waals surface area contributed by atoms with Gasteiger partial charge in [-0.15, -0.1) is 0 Å². The average Bonchev–Trinajstić information content (AvgIpc) is 2.15. The van der Waals surface area contributed by atoms with Gasteiger partial charge in [0.05, 0.1) is 5.92 Å². The summed E-state index contributed by atoms with van der Waals surface area (Å²) < 4.78 is 38.0. The average molecular weight is 252 g/mol. The molecule has 0 spiro atoms. The molecule has 2 nitrogen and oxygen atoms in total. The lowest BCUT2D eigenvalue weighted by molar-refractivity contribution is -0.187. The van der Waals surface area contributed by atoms with E-state index in [1.807, 2.05) is 25.7 Å². The van der Waals surface area contributed by atoms with E-state index in [0.717, 1.165) is 13.1 Å². The summed E-state index contributed by atoms with van der Waals surface area (Å²) in [7, 11) is 0. The van der Waals surface area contributed by atoms with E-state index >= 15 is 0 Å². The van der Waals surface area contributed by atoms with Gasteiger partial charge in [0.15, 0.2) is 0 Å². The fourth-order valence-corrected chi connectivity index (χ4v) is 2.56. The molecular formula is C12H23F3N2. The van der Waals surface area contributed by atoms with E-state index in [4.69, 9.17) is 0 Å². The predicted molar refractivity (Wildman–Crippen MR) is 63.0 cm³/mol. The molecule has 0 aromatic carbocycles. The Kier molecular flexibility index (Phi) is 4.84. The number of nitrogens with zero attached hydrogens (tertiary/aromatic N) is 1. The number of likely N-dealkylation sites (N-methyl/N-ethyl adjacent to an activating group) is 1. The van der Waals surface area contributed by atoms with Gasteiger partial charge in [-0.05, 0) is 39.8 Å². The minimum atomic E-state index is -4.04. The Labute approximate surface area is 102 Å². The lowest BCUT2D eigenvalue weighted by Crippen LogP contribution is -2.52. The monoisotopic (exact) mass is 252 g/mol. The molecule has 1 aliphatic rings. The molecule has 0 radical (unpaired) electrons. The summed E-state index contributed by atoms with van der Waals surface area (Å²) in [6.45, 7) is 8.52. The normalized spacial score (nSPS) is 24.0. The van der Waals surface area contributed by atoms with Gasteiger partial charge in [0.2, 0.25) is 0 Å². The van der Waals surface area contributed by atoms with E-state index in [9.17, 15) is 13.2 Å². The highest BCUT2D eigenvalue weighted by atomic mass is 19.4.